The van der Waals surface area contributed by atoms with Crippen molar-refractivity contribution in [3.63, 3.8) is 0 Å². The standard InChI is InChI=1S/C14H17BrFNO2/c15-12-2-1-11(13(16)9-12)10-17-5-3-14(4-6-17)18-7-8-19-14/h1-2,9H,3-8,10H2. The van der Waals surface area contributed by atoms with Gasteiger partial charge in [-0.2, -0.15) is 0 Å². The Morgan fingerprint density at radius 1 is 1.21 bits per heavy atom. The highest BCUT2D eigenvalue weighted by atomic mass is 79.9. The minimum absolute atomic E-state index is 0.150. The van der Waals surface area contributed by atoms with Gasteiger partial charge in [-0.25, -0.2) is 4.39 Å². The van der Waals surface area contributed by atoms with Crippen LogP contribution in [0.4, 0.5) is 4.39 Å². The lowest BCUT2D eigenvalue weighted by Crippen LogP contribution is -2.44. The van der Waals surface area contributed by atoms with Crippen LogP contribution in [-0.2, 0) is 16.0 Å². The number of halogens is 2. The lowest BCUT2D eigenvalue weighted by Gasteiger charge is -2.37. The Balaban J connectivity index is 1.60. The Labute approximate surface area is 120 Å². The van der Waals surface area contributed by atoms with Crippen LogP contribution in [0.2, 0.25) is 0 Å². The third-order valence-corrected chi connectivity index (χ3v) is 4.33. The van der Waals surface area contributed by atoms with Crippen molar-refractivity contribution >= 4 is 15.9 Å². The fourth-order valence-corrected chi connectivity index (χ4v) is 3.06. The van der Waals surface area contributed by atoms with Crippen LogP contribution in [0.3, 0.4) is 0 Å². The zero-order valence-electron chi connectivity index (χ0n) is 10.7. The van der Waals surface area contributed by atoms with Crippen molar-refractivity contribution in [2.45, 2.75) is 25.2 Å². The van der Waals surface area contributed by atoms with Crippen LogP contribution in [-0.4, -0.2) is 37.0 Å². The fourth-order valence-electron chi connectivity index (χ4n) is 2.73. The first-order valence-electron chi connectivity index (χ1n) is 6.61. The lowest BCUT2D eigenvalue weighted by molar-refractivity contribution is -0.185. The monoisotopic (exact) mass is 329 g/mol. The number of ether oxygens (including phenoxy) is 2. The van der Waals surface area contributed by atoms with Crippen molar-refractivity contribution in [3.05, 3.63) is 34.1 Å². The lowest BCUT2D eigenvalue weighted by atomic mass is 10.0. The molecule has 2 fully saturated rings. The Hall–Kier alpha value is -0.490. The summed E-state index contributed by atoms with van der Waals surface area (Å²) < 4.78 is 26.0. The third-order valence-electron chi connectivity index (χ3n) is 3.84. The second-order valence-corrected chi connectivity index (χ2v) is 6.04. The normalized spacial score (nSPS) is 23.1. The van der Waals surface area contributed by atoms with E-state index in [-0.39, 0.29) is 11.6 Å². The fraction of sp³-hybridized carbons (Fsp3) is 0.571. The highest BCUT2D eigenvalue weighted by molar-refractivity contribution is 9.10. The van der Waals surface area contributed by atoms with Gasteiger partial charge in [0.1, 0.15) is 5.82 Å². The van der Waals surface area contributed by atoms with Crippen LogP contribution in [0.5, 0.6) is 0 Å². The molecule has 2 heterocycles. The average molecular weight is 330 g/mol. The summed E-state index contributed by atoms with van der Waals surface area (Å²) in [4.78, 5) is 2.25. The summed E-state index contributed by atoms with van der Waals surface area (Å²) in [5.41, 5.74) is 0.743. The molecule has 19 heavy (non-hydrogen) atoms. The molecule has 2 aliphatic rings. The molecule has 0 aliphatic carbocycles. The molecule has 0 saturated carbocycles. The molecule has 1 aromatic rings. The second-order valence-electron chi connectivity index (χ2n) is 5.12. The van der Waals surface area contributed by atoms with E-state index in [1.807, 2.05) is 12.1 Å². The predicted molar refractivity (Wildman–Crippen MR) is 73.2 cm³/mol. The van der Waals surface area contributed by atoms with Crippen molar-refractivity contribution < 1.29 is 13.9 Å². The molecule has 3 rings (SSSR count). The number of rotatable bonds is 2. The molecule has 1 aromatic carbocycles. The summed E-state index contributed by atoms with van der Waals surface area (Å²) in [5.74, 6) is -0.502. The first-order chi connectivity index (χ1) is 9.17. The summed E-state index contributed by atoms with van der Waals surface area (Å²) in [7, 11) is 0. The Morgan fingerprint density at radius 2 is 1.89 bits per heavy atom. The summed E-state index contributed by atoms with van der Waals surface area (Å²) in [5, 5.41) is 0. The van der Waals surface area contributed by atoms with Crippen LogP contribution in [0.15, 0.2) is 22.7 Å². The summed E-state index contributed by atoms with van der Waals surface area (Å²) in [6.45, 7) is 3.81. The zero-order valence-corrected chi connectivity index (χ0v) is 12.3. The Bertz CT molecular complexity index is 453. The topological polar surface area (TPSA) is 21.7 Å². The summed E-state index contributed by atoms with van der Waals surface area (Å²) >= 11 is 3.28. The van der Waals surface area contributed by atoms with E-state index in [9.17, 15) is 4.39 Å². The molecule has 1 spiro atoms. The SMILES string of the molecule is Fc1cc(Br)ccc1CN1CCC2(CC1)OCCO2. The molecule has 0 aromatic heterocycles. The zero-order chi connectivity index (χ0) is 13.3. The summed E-state index contributed by atoms with van der Waals surface area (Å²) in [6, 6.07) is 5.24. The Morgan fingerprint density at radius 3 is 2.53 bits per heavy atom. The molecule has 0 radical (unpaired) electrons. The molecule has 0 atom stereocenters. The van der Waals surface area contributed by atoms with Gasteiger partial charge < -0.3 is 9.47 Å². The highest BCUT2D eigenvalue weighted by Crippen LogP contribution is 2.31. The van der Waals surface area contributed by atoms with E-state index in [1.54, 1.807) is 0 Å². The molecule has 0 N–H and O–H groups in total. The molecular weight excluding hydrogens is 313 g/mol. The van der Waals surface area contributed by atoms with Crippen LogP contribution < -0.4 is 0 Å². The number of likely N-dealkylation sites (tertiary alicyclic amines) is 1. The molecule has 2 aliphatic heterocycles. The van der Waals surface area contributed by atoms with Gasteiger partial charge in [0.15, 0.2) is 5.79 Å². The van der Waals surface area contributed by atoms with Gasteiger partial charge in [-0.3, -0.25) is 4.90 Å². The minimum Gasteiger partial charge on any atom is -0.347 e. The smallest absolute Gasteiger partial charge is 0.170 e. The number of nitrogens with zero attached hydrogens (tertiary/aromatic N) is 1. The quantitative estimate of drug-likeness (QED) is 0.832. The minimum atomic E-state index is -0.352. The predicted octanol–water partition coefficient (Wildman–Crippen LogP) is 2.93. The van der Waals surface area contributed by atoms with Crippen LogP contribution in [0.1, 0.15) is 18.4 Å². The van der Waals surface area contributed by atoms with E-state index < -0.39 is 0 Å². The molecule has 104 valence electrons. The average Bonchev–Trinajstić information content (AvgIpc) is 2.84. The highest BCUT2D eigenvalue weighted by Gasteiger charge is 2.39. The van der Waals surface area contributed by atoms with Gasteiger partial charge in [0.25, 0.3) is 0 Å². The van der Waals surface area contributed by atoms with Gasteiger partial charge in [0, 0.05) is 42.5 Å². The van der Waals surface area contributed by atoms with E-state index in [0.29, 0.717) is 19.8 Å². The maximum absolute atomic E-state index is 13.8. The van der Waals surface area contributed by atoms with Gasteiger partial charge in [-0.05, 0) is 12.1 Å². The van der Waals surface area contributed by atoms with E-state index in [1.165, 1.54) is 6.07 Å². The van der Waals surface area contributed by atoms with Gasteiger partial charge >= 0.3 is 0 Å². The first kappa shape index (κ1) is 13.5. The van der Waals surface area contributed by atoms with Crippen molar-refractivity contribution in [1.82, 2.24) is 4.90 Å². The Kier molecular flexibility index (Phi) is 3.89. The van der Waals surface area contributed by atoms with Gasteiger partial charge in [-0.1, -0.05) is 22.0 Å². The van der Waals surface area contributed by atoms with E-state index in [2.05, 4.69) is 20.8 Å². The molecule has 0 unspecified atom stereocenters. The van der Waals surface area contributed by atoms with Crippen molar-refractivity contribution in [2.75, 3.05) is 26.3 Å². The molecule has 3 nitrogen and oxygen atoms in total. The van der Waals surface area contributed by atoms with E-state index in [0.717, 1.165) is 36.0 Å². The third kappa shape index (κ3) is 2.99. The summed E-state index contributed by atoms with van der Waals surface area (Å²) in [6.07, 6.45) is 1.73. The number of piperidine rings is 1. The van der Waals surface area contributed by atoms with E-state index >= 15 is 0 Å². The number of hydrogen-bond donors (Lipinski definition) is 0. The van der Waals surface area contributed by atoms with E-state index in [4.69, 9.17) is 9.47 Å². The van der Waals surface area contributed by atoms with Crippen molar-refractivity contribution in [1.29, 1.82) is 0 Å². The van der Waals surface area contributed by atoms with Gasteiger partial charge in [-0.15, -0.1) is 0 Å². The molecule has 2 saturated heterocycles. The number of hydrogen-bond acceptors (Lipinski definition) is 3. The maximum Gasteiger partial charge on any atom is 0.170 e. The molecule has 5 heteroatoms. The first-order valence-corrected chi connectivity index (χ1v) is 7.40. The number of benzene rings is 1. The van der Waals surface area contributed by atoms with Gasteiger partial charge in [0.2, 0.25) is 0 Å². The van der Waals surface area contributed by atoms with Crippen LogP contribution in [0.25, 0.3) is 0 Å². The largest absolute Gasteiger partial charge is 0.347 e. The molecule has 0 bridgehead atoms. The molecular formula is C14H17BrFNO2. The van der Waals surface area contributed by atoms with Crippen LogP contribution in [0, 0.1) is 5.82 Å². The maximum atomic E-state index is 13.8. The van der Waals surface area contributed by atoms with Crippen molar-refractivity contribution in [3.8, 4) is 0 Å². The van der Waals surface area contributed by atoms with Gasteiger partial charge in [0.05, 0.1) is 13.2 Å². The second kappa shape index (κ2) is 5.48. The molecule has 0 amide bonds. The van der Waals surface area contributed by atoms with Crippen LogP contribution >= 0.6 is 15.9 Å². The van der Waals surface area contributed by atoms with Crippen molar-refractivity contribution in [2.24, 2.45) is 0 Å².